The number of nitrogens with one attached hydrogen (secondary N) is 1. The molecule has 0 saturated heterocycles. The minimum Gasteiger partial charge on any atom is -0.361 e. The number of hydrogen-bond donors (Lipinski definition) is 2. The number of nitrogens with two attached hydrogens (primary N) is 1. The number of H-pyrrole nitrogens is 1. The molecule has 2 rings (SSSR count). The maximum atomic E-state index is 12.3. The van der Waals surface area contributed by atoms with Gasteiger partial charge in [-0.2, -0.15) is 0 Å². The van der Waals surface area contributed by atoms with Gasteiger partial charge >= 0.3 is 0 Å². The highest BCUT2D eigenvalue weighted by molar-refractivity contribution is 5.90. The topological polar surface area (TPSA) is 62.1 Å². The van der Waals surface area contributed by atoms with Crippen LogP contribution in [0.3, 0.4) is 0 Å². The van der Waals surface area contributed by atoms with Crippen molar-refractivity contribution < 1.29 is 4.79 Å². The molecule has 0 bridgehead atoms. The molecule has 4 heteroatoms. The molecule has 1 aromatic heterocycles. The first kappa shape index (κ1) is 15.6. The number of benzene rings is 1. The van der Waals surface area contributed by atoms with Crippen molar-refractivity contribution in [1.29, 1.82) is 0 Å². The molecule has 1 atom stereocenters. The first-order valence-corrected chi connectivity index (χ1v) is 7.68. The van der Waals surface area contributed by atoms with Crippen molar-refractivity contribution in [2.24, 2.45) is 5.73 Å². The Bertz CT molecular complexity index is 612. The van der Waals surface area contributed by atoms with Gasteiger partial charge in [-0.1, -0.05) is 18.2 Å². The average molecular weight is 287 g/mol. The van der Waals surface area contributed by atoms with Crippen LogP contribution >= 0.6 is 0 Å². The zero-order chi connectivity index (χ0) is 15.4. The summed E-state index contributed by atoms with van der Waals surface area (Å²) in [7, 11) is 0. The Balaban J connectivity index is 2.29. The molecule has 2 aromatic rings. The molecule has 0 fully saturated rings. The monoisotopic (exact) mass is 287 g/mol. The van der Waals surface area contributed by atoms with Crippen LogP contribution in [0.2, 0.25) is 0 Å². The van der Waals surface area contributed by atoms with Crippen molar-refractivity contribution in [3.05, 3.63) is 35.5 Å². The quantitative estimate of drug-likeness (QED) is 0.857. The number of aromatic amines is 1. The Morgan fingerprint density at radius 3 is 2.62 bits per heavy atom. The summed E-state index contributed by atoms with van der Waals surface area (Å²) < 4.78 is 0. The van der Waals surface area contributed by atoms with Gasteiger partial charge in [0.25, 0.3) is 0 Å². The van der Waals surface area contributed by atoms with Crippen molar-refractivity contribution in [2.75, 3.05) is 13.1 Å². The van der Waals surface area contributed by atoms with Gasteiger partial charge in [0.05, 0.1) is 6.42 Å². The van der Waals surface area contributed by atoms with Gasteiger partial charge in [0.2, 0.25) is 5.91 Å². The van der Waals surface area contributed by atoms with E-state index in [2.05, 4.69) is 11.1 Å². The normalized spacial score (nSPS) is 12.6. The van der Waals surface area contributed by atoms with Crippen molar-refractivity contribution in [3.8, 4) is 0 Å². The lowest BCUT2D eigenvalue weighted by molar-refractivity contribution is -0.130. The fourth-order valence-electron chi connectivity index (χ4n) is 2.79. The summed E-state index contributed by atoms with van der Waals surface area (Å²) in [6, 6.07) is 6.27. The molecule has 0 aliphatic carbocycles. The summed E-state index contributed by atoms with van der Waals surface area (Å²) in [5.74, 6) is 0.177. The predicted molar refractivity (Wildman–Crippen MR) is 87.3 cm³/mol. The third-order valence-electron chi connectivity index (χ3n) is 3.89. The van der Waals surface area contributed by atoms with Crippen LogP contribution in [-0.2, 0) is 17.6 Å². The number of likely N-dealkylation sites (N-methyl/N-ethyl adjacent to an activating group) is 1. The van der Waals surface area contributed by atoms with Crippen LogP contribution in [-0.4, -0.2) is 34.9 Å². The minimum atomic E-state index is 0.130. The van der Waals surface area contributed by atoms with Gasteiger partial charge < -0.3 is 15.6 Å². The van der Waals surface area contributed by atoms with E-state index in [-0.39, 0.29) is 11.9 Å². The fraction of sp³-hybridized carbons (Fsp3) is 0.471. The smallest absolute Gasteiger partial charge is 0.227 e. The minimum absolute atomic E-state index is 0.130. The summed E-state index contributed by atoms with van der Waals surface area (Å²) in [5, 5.41) is 1.18. The molecule has 1 amide bonds. The van der Waals surface area contributed by atoms with E-state index in [0.717, 1.165) is 30.6 Å². The van der Waals surface area contributed by atoms with E-state index in [0.29, 0.717) is 6.42 Å². The van der Waals surface area contributed by atoms with E-state index >= 15 is 0 Å². The first-order valence-electron chi connectivity index (χ1n) is 7.68. The van der Waals surface area contributed by atoms with Crippen LogP contribution in [0.4, 0.5) is 0 Å². The molecule has 0 spiro atoms. The number of hydrogen-bond acceptors (Lipinski definition) is 2. The highest BCUT2D eigenvalue weighted by Gasteiger charge is 2.14. The molecule has 3 N–H and O–H groups in total. The van der Waals surface area contributed by atoms with Crippen molar-refractivity contribution in [1.82, 2.24) is 9.88 Å². The molecule has 1 aromatic carbocycles. The van der Waals surface area contributed by atoms with Gasteiger partial charge in [-0.25, -0.2) is 0 Å². The van der Waals surface area contributed by atoms with E-state index < -0.39 is 0 Å². The first-order chi connectivity index (χ1) is 10.1. The standard InChI is InChI=1S/C17H25N3O/c1-4-20(5-2)16(21)10-13-7-6-8-15-14(9-12(3)18)11-19-17(13)15/h6-8,11-12,19H,4-5,9-10,18H2,1-3H3/t12-/m1/s1. The van der Waals surface area contributed by atoms with E-state index in [9.17, 15) is 4.79 Å². The SMILES string of the molecule is CCN(CC)C(=O)Cc1cccc2c(C[C@@H](C)N)c[nH]c12. The Hall–Kier alpha value is -1.81. The summed E-state index contributed by atoms with van der Waals surface area (Å²) in [6.45, 7) is 7.54. The Labute approximate surface area is 126 Å². The third-order valence-corrected chi connectivity index (χ3v) is 3.89. The number of nitrogens with zero attached hydrogens (tertiary/aromatic N) is 1. The average Bonchev–Trinajstić information content (AvgIpc) is 2.84. The van der Waals surface area contributed by atoms with Crippen LogP contribution in [0, 0.1) is 0 Å². The van der Waals surface area contributed by atoms with Crippen molar-refractivity contribution >= 4 is 16.8 Å². The molecule has 0 saturated carbocycles. The van der Waals surface area contributed by atoms with Crippen LogP contribution < -0.4 is 5.73 Å². The van der Waals surface area contributed by atoms with Crippen LogP contribution in [0.5, 0.6) is 0 Å². The lowest BCUT2D eigenvalue weighted by Gasteiger charge is -2.18. The number of rotatable bonds is 6. The predicted octanol–water partition coefficient (Wildman–Crippen LogP) is 2.47. The van der Waals surface area contributed by atoms with Gasteiger partial charge in [-0.15, -0.1) is 0 Å². The van der Waals surface area contributed by atoms with Gasteiger partial charge in [0, 0.05) is 36.2 Å². The zero-order valence-corrected chi connectivity index (χ0v) is 13.1. The third kappa shape index (κ3) is 3.45. The highest BCUT2D eigenvalue weighted by Crippen LogP contribution is 2.23. The van der Waals surface area contributed by atoms with Crippen molar-refractivity contribution in [3.63, 3.8) is 0 Å². The molecule has 1 heterocycles. The van der Waals surface area contributed by atoms with E-state index in [1.54, 1.807) is 0 Å². The molecular weight excluding hydrogens is 262 g/mol. The van der Waals surface area contributed by atoms with Gasteiger partial charge in [0.1, 0.15) is 0 Å². The second-order valence-corrected chi connectivity index (χ2v) is 5.58. The number of carbonyl (C=O) groups is 1. The van der Waals surface area contributed by atoms with Crippen LogP contribution in [0.15, 0.2) is 24.4 Å². The molecular formula is C17H25N3O. The molecule has 0 aliphatic rings. The Kier molecular flexibility index (Phi) is 5.02. The summed E-state index contributed by atoms with van der Waals surface area (Å²) in [6.07, 6.45) is 3.30. The Morgan fingerprint density at radius 2 is 2.00 bits per heavy atom. The largest absolute Gasteiger partial charge is 0.361 e. The molecule has 0 unspecified atom stereocenters. The van der Waals surface area contributed by atoms with Crippen LogP contribution in [0.25, 0.3) is 10.9 Å². The maximum Gasteiger partial charge on any atom is 0.227 e. The molecule has 0 aliphatic heterocycles. The lowest BCUT2D eigenvalue weighted by atomic mass is 10.0. The molecule has 114 valence electrons. The summed E-state index contributed by atoms with van der Waals surface area (Å²) in [4.78, 5) is 17.5. The van der Waals surface area contributed by atoms with Gasteiger partial charge in [0.15, 0.2) is 0 Å². The maximum absolute atomic E-state index is 12.3. The molecule has 4 nitrogen and oxygen atoms in total. The summed E-state index contributed by atoms with van der Waals surface area (Å²) in [5.41, 5.74) is 9.23. The van der Waals surface area contributed by atoms with Crippen molar-refractivity contribution in [2.45, 2.75) is 39.7 Å². The number of aromatic nitrogens is 1. The lowest BCUT2D eigenvalue weighted by Crippen LogP contribution is -2.31. The number of amides is 1. The number of fused-ring (bicyclic) bond motifs is 1. The van der Waals surface area contributed by atoms with E-state index in [4.69, 9.17) is 5.73 Å². The van der Waals surface area contributed by atoms with Gasteiger partial charge in [-0.05, 0) is 38.3 Å². The zero-order valence-electron chi connectivity index (χ0n) is 13.1. The Morgan fingerprint density at radius 1 is 1.29 bits per heavy atom. The van der Waals surface area contributed by atoms with Gasteiger partial charge in [-0.3, -0.25) is 4.79 Å². The van der Waals surface area contributed by atoms with E-state index in [1.807, 2.05) is 44.0 Å². The molecule has 21 heavy (non-hydrogen) atoms. The second-order valence-electron chi connectivity index (χ2n) is 5.58. The van der Waals surface area contributed by atoms with Crippen LogP contribution in [0.1, 0.15) is 31.9 Å². The summed E-state index contributed by atoms with van der Waals surface area (Å²) >= 11 is 0. The number of para-hydroxylation sites is 1. The van der Waals surface area contributed by atoms with E-state index in [1.165, 1.54) is 10.9 Å². The second kappa shape index (κ2) is 6.76. The fourth-order valence-corrected chi connectivity index (χ4v) is 2.79. The molecule has 0 radical (unpaired) electrons. The number of carbonyl (C=O) groups excluding carboxylic acids is 1. The highest BCUT2D eigenvalue weighted by atomic mass is 16.2.